The molecule has 4 N–H and O–H groups in total. The number of nitrogens with two attached hydrogens (primary N) is 1. The summed E-state index contributed by atoms with van der Waals surface area (Å²) in [6, 6.07) is 6.67. The third kappa shape index (κ3) is 6.61. The van der Waals surface area contributed by atoms with Crippen molar-refractivity contribution in [2.45, 2.75) is 32.9 Å². The second kappa shape index (κ2) is 11.4. The maximum Gasteiger partial charge on any atom is 0.236 e. The molecule has 0 spiro atoms. The fourth-order valence-electron chi connectivity index (χ4n) is 2.80. The van der Waals surface area contributed by atoms with E-state index in [-0.39, 0.29) is 28.7 Å². The largest absolute Gasteiger partial charge is 0.489 e. The molecular formula is C21H25F3N4O4. The van der Waals surface area contributed by atoms with Crippen LogP contribution in [-0.2, 0) is 11.4 Å². The number of hydrogen-bond acceptors (Lipinski definition) is 7. The van der Waals surface area contributed by atoms with Gasteiger partial charge in [0.25, 0.3) is 0 Å². The van der Waals surface area contributed by atoms with Crippen molar-refractivity contribution in [3.63, 3.8) is 0 Å². The molecule has 2 unspecified atom stereocenters. The molecule has 2 aromatic rings. The zero-order chi connectivity index (χ0) is 23.8. The Labute approximate surface area is 183 Å². The van der Waals surface area contributed by atoms with Crippen molar-refractivity contribution in [2.24, 2.45) is 11.7 Å². The SMILES string of the molecule is C=CN(NC(C(N)=O)C(C)CC)c1cc(F)c(COc2ccc(ON(O)F)cc2)c(F)c1. The first-order valence-electron chi connectivity index (χ1n) is 9.67. The summed E-state index contributed by atoms with van der Waals surface area (Å²) >= 11 is 0. The number of nitrogens with zero attached hydrogens (tertiary/aromatic N) is 2. The molecular weight excluding hydrogens is 429 g/mol. The van der Waals surface area contributed by atoms with E-state index in [4.69, 9.17) is 15.7 Å². The molecule has 8 nitrogen and oxygen atoms in total. The zero-order valence-electron chi connectivity index (χ0n) is 17.6. The summed E-state index contributed by atoms with van der Waals surface area (Å²) in [6.07, 6.45) is 1.93. The van der Waals surface area contributed by atoms with Crippen molar-refractivity contribution in [3.8, 4) is 11.5 Å². The van der Waals surface area contributed by atoms with Gasteiger partial charge >= 0.3 is 0 Å². The molecule has 0 heterocycles. The number of anilines is 1. The van der Waals surface area contributed by atoms with Gasteiger partial charge in [-0.3, -0.25) is 15.0 Å². The van der Waals surface area contributed by atoms with Crippen LogP contribution in [0.2, 0.25) is 0 Å². The Hall–Kier alpha value is -3.28. The minimum absolute atomic E-state index is 0.0206. The minimum Gasteiger partial charge on any atom is -0.489 e. The Morgan fingerprint density at radius 1 is 1.25 bits per heavy atom. The molecule has 0 bridgehead atoms. The lowest BCUT2D eigenvalue weighted by atomic mass is 9.99. The maximum absolute atomic E-state index is 14.6. The first-order chi connectivity index (χ1) is 15.2. The van der Waals surface area contributed by atoms with E-state index < -0.39 is 35.6 Å². The van der Waals surface area contributed by atoms with Gasteiger partial charge < -0.3 is 15.3 Å². The van der Waals surface area contributed by atoms with Gasteiger partial charge in [0.15, 0.2) is 11.2 Å². The topological polar surface area (TPSA) is 100 Å². The van der Waals surface area contributed by atoms with Gasteiger partial charge in [0.05, 0.1) is 11.3 Å². The van der Waals surface area contributed by atoms with E-state index in [1.807, 2.05) is 13.8 Å². The lowest BCUT2D eigenvalue weighted by molar-refractivity contribution is -0.397. The Morgan fingerprint density at radius 2 is 1.81 bits per heavy atom. The summed E-state index contributed by atoms with van der Waals surface area (Å²) in [7, 11) is 0. The summed E-state index contributed by atoms with van der Waals surface area (Å²) in [6.45, 7) is 6.89. The standard InChI is InChI=1S/C21H25F3N4O4/c1-4-13(3)20(21(25)29)26-27(5-2)14-10-18(22)17(19(23)11-14)12-31-15-6-8-16(9-7-15)32-28(24)30/h5-11,13,20,26,30H,2,4,12H2,1,3H3,(H2,25,29). The van der Waals surface area contributed by atoms with Crippen molar-refractivity contribution < 1.29 is 32.8 Å². The van der Waals surface area contributed by atoms with Crippen LogP contribution in [0, 0.1) is 17.6 Å². The average Bonchev–Trinajstić information content (AvgIpc) is 2.73. The Bertz CT molecular complexity index is 905. The highest BCUT2D eigenvalue weighted by molar-refractivity contribution is 5.80. The Kier molecular flexibility index (Phi) is 8.88. The number of amides is 1. The zero-order valence-corrected chi connectivity index (χ0v) is 17.6. The van der Waals surface area contributed by atoms with Crippen LogP contribution in [0.1, 0.15) is 25.8 Å². The van der Waals surface area contributed by atoms with Crippen LogP contribution in [0.15, 0.2) is 49.2 Å². The minimum atomic E-state index is -0.960. The van der Waals surface area contributed by atoms with Gasteiger partial charge in [0.1, 0.15) is 30.0 Å². The van der Waals surface area contributed by atoms with Crippen molar-refractivity contribution >= 4 is 11.6 Å². The van der Waals surface area contributed by atoms with E-state index in [1.54, 1.807) is 0 Å². The van der Waals surface area contributed by atoms with E-state index in [0.29, 0.717) is 6.42 Å². The maximum atomic E-state index is 14.6. The number of halogens is 3. The van der Waals surface area contributed by atoms with E-state index in [1.165, 1.54) is 35.5 Å². The van der Waals surface area contributed by atoms with Gasteiger partial charge in [-0.05, 0) is 42.3 Å². The summed E-state index contributed by atoms with van der Waals surface area (Å²) in [4.78, 5) is 16.0. The molecule has 0 aliphatic heterocycles. The third-order valence-corrected chi connectivity index (χ3v) is 4.77. The normalized spacial score (nSPS) is 12.8. The number of carbonyl (C=O) groups is 1. The van der Waals surface area contributed by atoms with Gasteiger partial charge in [-0.1, -0.05) is 31.3 Å². The molecule has 1 amide bonds. The second-order valence-electron chi connectivity index (χ2n) is 6.91. The number of ether oxygens (including phenoxy) is 1. The summed E-state index contributed by atoms with van der Waals surface area (Å²) < 4.78 is 46.9. The Morgan fingerprint density at radius 3 is 2.28 bits per heavy atom. The highest BCUT2D eigenvalue weighted by Crippen LogP contribution is 2.25. The van der Waals surface area contributed by atoms with Crippen LogP contribution in [0.4, 0.5) is 18.9 Å². The molecule has 2 rings (SSSR count). The highest BCUT2D eigenvalue weighted by Gasteiger charge is 2.24. The molecule has 0 radical (unpaired) electrons. The second-order valence-corrected chi connectivity index (χ2v) is 6.91. The van der Waals surface area contributed by atoms with Crippen LogP contribution in [-0.4, -0.2) is 22.6 Å². The lowest BCUT2D eigenvalue weighted by Gasteiger charge is -2.29. The molecule has 0 aromatic heterocycles. The number of hydrogen-bond donors (Lipinski definition) is 3. The number of nitrogens with one attached hydrogen (secondary N) is 1. The molecule has 0 aliphatic carbocycles. The highest BCUT2D eigenvalue weighted by atomic mass is 19.2. The average molecular weight is 454 g/mol. The fraction of sp³-hybridized carbons (Fsp3) is 0.286. The Balaban J connectivity index is 2.14. The number of benzene rings is 2. The van der Waals surface area contributed by atoms with E-state index >= 15 is 0 Å². The van der Waals surface area contributed by atoms with Gasteiger partial charge in [0.2, 0.25) is 5.91 Å². The van der Waals surface area contributed by atoms with E-state index in [0.717, 1.165) is 12.1 Å². The summed E-state index contributed by atoms with van der Waals surface area (Å²) in [5.74, 6) is -2.27. The van der Waals surface area contributed by atoms with Crippen molar-refractivity contribution in [3.05, 3.63) is 66.4 Å². The molecule has 2 aromatic carbocycles. The number of primary amides is 1. The third-order valence-electron chi connectivity index (χ3n) is 4.77. The van der Waals surface area contributed by atoms with Crippen molar-refractivity contribution in [1.29, 1.82) is 0 Å². The van der Waals surface area contributed by atoms with Crippen LogP contribution in [0.3, 0.4) is 0 Å². The summed E-state index contributed by atoms with van der Waals surface area (Å²) in [5.41, 5.74) is 7.07. The molecule has 0 aliphatic rings. The predicted molar refractivity (Wildman–Crippen MR) is 111 cm³/mol. The number of carbonyl (C=O) groups excluding carboxylic acids is 1. The van der Waals surface area contributed by atoms with Crippen LogP contribution >= 0.6 is 0 Å². The van der Waals surface area contributed by atoms with Gasteiger partial charge in [-0.25, -0.2) is 14.2 Å². The predicted octanol–water partition coefficient (Wildman–Crippen LogP) is 3.77. The van der Waals surface area contributed by atoms with Crippen LogP contribution in [0.5, 0.6) is 11.5 Å². The van der Waals surface area contributed by atoms with Gasteiger partial charge in [0, 0.05) is 6.20 Å². The summed E-state index contributed by atoms with van der Waals surface area (Å²) in [5, 5.41) is 9.60. The molecule has 0 fully saturated rings. The first kappa shape index (κ1) is 25.0. The number of rotatable bonds is 12. The molecule has 174 valence electrons. The molecule has 32 heavy (non-hydrogen) atoms. The van der Waals surface area contributed by atoms with E-state index in [9.17, 15) is 18.1 Å². The quantitative estimate of drug-likeness (QED) is 0.332. The van der Waals surface area contributed by atoms with Crippen molar-refractivity contribution in [1.82, 2.24) is 10.9 Å². The van der Waals surface area contributed by atoms with Crippen molar-refractivity contribution in [2.75, 3.05) is 5.01 Å². The van der Waals surface area contributed by atoms with Gasteiger partial charge in [-0.2, -0.15) is 0 Å². The van der Waals surface area contributed by atoms with Crippen LogP contribution in [0.25, 0.3) is 0 Å². The van der Waals surface area contributed by atoms with Gasteiger partial charge in [-0.15, -0.1) is 0 Å². The molecule has 0 saturated carbocycles. The molecule has 2 atom stereocenters. The molecule has 11 heteroatoms. The monoisotopic (exact) mass is 454 g/mol. The fourth-order valence-corrected chi connectivity index (χ4v) is 2.80. The lowest BCUT2D eigenvalue weighted by Crippen LogP contribution is -2.52. The van der Waals surface area contributed by atoms with Crippen LogP contribution < -0.4 is 25.7 Å². The van der Waals surface area contributed by atoms with E-state index in [2.05, 4.69) is 16.8 Å². The smallest absolute Gasteiger partial charge is 0.236 e. The molecule has 0 saturated heterocycles. The first-order valence-corrected chi connectivity index (χ1v) is 9.67. The number of hydrazine groups is 1.